The summed E-state index contributed by atoms with van der Waals surface area (Å²) >= 11 is 7.20. The van der Waals surface area contributed by atoms with E-state index >= 15 is 0 Å². The van der Waals surface area contributed by atoms with Gasteiger partial charge in [-0.05, 0) is 15.9 Å². The van der Waals surface area contributed by atoms with Crippen LogP contribution in [0.4, 0.5) is 0 Å². The van der Waals surface area contributed by atoms with Crippen LogP contribution in [0.25, 0.3) is 0 Å². The summed E-state index contributed by atoms with van der Waals surface area (Å²) in [6.45, 7) is 0. The standard InChI is InChI=1S/C3H2BrClO4.Na.H/c4-3(5,1(6)7)2(8)9;;/h(H,6,7)(H,8,9);;/q;+1;-1. The van der Waals surface area contributed by atoms with Gasteiger partial charge in [0, 0.05) is 0 Å². The van der Waals surface area contributed by atoms with Gasteiger partial charge in [0.1, 0.15) is 0 Å². The molecule has 0 aliphatic carbocycles. The molecule has 0 aromatic rings. The fourth-order valence-corrected chi connectivity index (χ4v) is 0.0915. The minimum atomic E-state index is -2.38. The number of hydrogen-bond donors (Lipinski definition) is 2. The number of rotatable bonds is 2. The van der Waals surface area contributed by atoms with E-state index in [1.807, 2.05) is 0 Å². The predicted molar refractivity (Wildman–Crippen MR) is 33.9 cm³/mol. The maximum atomic E-state index is 9.90. The first-order valence-corrected chi connectivity index (χ1v) is 2.90. The summed E-state index contributed by atoms with van der Waals surface area (Å²) in [5.41, 5.74) is 0. The van der Waals surface area contributed by atoms with Crippen molar-refractivity contribution in [2.45, 2.75) is 3.78 Å². The summed E-state index contributed by atoms with van der Waals surface area (Å²) in [4.78, 5) is 19.8. The van der Waals surface area contributed by atoms with Crippen LogP contribution in [0.5, 0.6) is 0 Å². The topological polar surface area (TPSA) is 74.6 Å². The molecule has 54 valence electrons. The molecule has 0 saturated heterocycles. The normalized spacial score (nSPS) is 9.80. The van der Waals surface area contributed by atoms with E-state index in [0.717, 1.165) is 0 Å². The van der Waals surface area contributed by atoms with Gasteiger partial charge in [0.25, 0.3) is 3.78 Å². The Hall–Kier alpha value is 0.710. The third kappa shape index (κ3) is 3.21. The molecule has 0 amide bonds. The van der Waals surface area contributed by atoms with E-state index in [1.54, 1.807) is 0 Å². The van der Waals surface area contributed by atoms with Crippen LogP contribution in [-0.4, -0.2) is 25.9 Å². The molecular weight excluding hydrogens is 238 g/mol. The second kappa shape index (κ2) is 4.56. The van der Waals surface area contributed by atoms with Gasteiger partial charge in [-0.25, -0.2) is 9.59 Å². The van der Waals surface area contributed by atoms with Gasteiger partial charge in [-0.2, -0.15) is 0 Å². The molecule has 0 heterocycles. The van der Waals surface area contributed by atoms with E-state index < -0.39 is 15.7 Å². The Balaban J connectivity index is -0.000000320. The summed E-state index contributed by atoms with van der Waals surface area (Å²) < 4.78 is -2.38. The van der Waals surface area contributed by atoms with E-state index in [-0.39, 0.29) is 31.0 Å². The van der Waals surface area contributed by atoms with Crippen LogP contribution in [0.2, 0.25) is 0 Å². The molecule has 10 heavy (non-hydrogen) atoms. The Morgan fingerprint density at radius 2 is 1.60 bits per heavy atom. The summed E-state index contributed by atoms with van der Waals surface area (Å²) in [6.07, 6.45) is 0. The number of alkyl halides is 2. The average molecular weight is 241 g/mol. The first-order chi connectivity index (χ1) is 3.89. The molecule has 7 heteroatoms. The second-order valence-corrected chi connectivity index (χ2v) is 3.40. The van der Waals surface area contributed by atoms with Crippen LogP contribution in [-0.2, 0) is 9.59 Å². The molecule has 0 fully saturated rings. The molecule has 0 aliphatic heterocycles. The maximum absolute atomic E-state index is 9.90. The zero-order valence-corrected chi connectivity index (χ0v) is 9.31. The average Bonchev–Trinajstić information content (AvgIpc) is 1.65. The Bertz CT molecular complexity index is 147. The summed E-state index contributed by atoms with van der Waals surface area (Å²) in [6, 6.07) is 0. The summed E-state index contributed by atoms with van der Waals surface area (Å²) in [7, 11) is 0. The molecule has 4 nitrogen and oxygen atoms in total. The van der Waals surface area contributed by atoms with Gasteiger partial charge in [-0.3, -0.25) is 0 Å². The quantitative estimate of drug-likeness (QED) is 0.321. The number of aliphatic carboxylic acids is 2. The van der Waals surface area contributed by atoms with Crippen LogP contribution in [0.1, 0.15) is 1.43 Å². The minimum absolute atomic E-state index is 0. The van der Waals surface area contributed by atoms with Crippen molar-refractivity contribution < 1.29 is 50.8 Å². The predicted octanol–water partition coefficient (Wildman–Crippen LogP) is -2.40. The molecule has 0 rings (SSSR count). The van der Waals surface area contributed by atoms with E-state index in [1.165, 1.54) is 0 Å². The first kappa shape index (κ1) is 13.3. The molecule has 0 radical (unpaired) electrons. The van der Waals surface area contributed by atoms with Gasteiger partial charge in [-0.1, -0.05) is 11.6 Å². The number of carboxylic acids is 2. The molecular formula is C3H3BrClNaO4. The van der Waals surface area contributed by atoms with Gasteiger partial charge >= 0.3 is 41.5 Å². The smallest absolute Gasteiger partial charge is 1.00 e. The second-order valence-electron chi connectivity index (χ2n) is 1.18. The van der Waals surface area contributed by atoms with Crippen molar-refractivity contribution in [1.29, 1.82) is 0 Å². The number of carbonyl (C=O) groups is 2. The van der Waals surface area contributed by atoms with Crippen LogP contribution in [0, 0.1) is 0 Å². The molecule has 0 unspecified atom stereocenters. The molecule has 0 aromatic carbocycles. The van der Waals surface area contributed by atoms with Crippen molar-refractivity contribution in [2.75, 3.05) is 0 Å². The fourth-order valence-electron chi connectivity index (χ4n) is 0.0915. The van der Waals surface area contributed by atoms with Gasteiger partial charge < -0.3 is 11.6 Å². The third-order valence-corrected chi connectivity index (χ3v) is 1.54. The van der Waals surface area contributed by atoms with Gasteiger partial charge in [0.15, 0.2) is 0 Å². The molecule has 0 aliphatic rings. The number of hydrogen-bond acceptors (Lipinski definition) is 2. The first-order valence-electron chi connectivity index (χ1n) is 1.73. The van der Waals surface area contributed by atoms with Crippen molar-refractivity contribution in [3.05, 3.63) is 0 Å². The van der Waals surface area contributed by atoms with Gasteiger partial charge in [-0.15, -0.1) is 0 Å². The number of carboxylic acid groups (broad SMARTS) is 2. The summed E-state index contributed by atoms with van der Waals surface area (Å²) in [5.74, 6) is -3.28. The summed E-state index contributed by atoms with van der Waals surface area (Å²) in [5, 5.41) is 16.1. The Morgan fingerprint density at radius 1 is 1.40 bits per heavy atom. The van der Waals surface area contributed by atoms with E-state index in [4.69, 9.17) is 21.8 Å². The zero-order valence-electron chi connectivity index (χ0n) is 5.97. The van der Waals surface area contributed by atoms with Crippen molar-refractivity contribution in [3.63, 3.8) is 0 Å². The van der Waals surface area contributed by atoms with E-state index in [0.29, 0.717) is 0 Å². The fraction of sp³-hybridized carbons (Fsp3) is 0.333. The molecule has 0 bridgehead atoms. The Labute approximate surface area is 93.4 Å². The SMILES string of the molecule is O=C(O)C(Cl)(Br)C(=O)O.[H-].[Na+]. The van der Waals surface area contributed by atoms with Crippen molar-refractivity contribution in [1.82, 2.24) is 0 Å². The largest absolute Gasteiger partial charge is 1.00 e. The Morgan fingerprint density at radius 3 is 1.60 bits per heavy atom. The van der Waals surface area contributed by atoms with Crippen LogP contribution >= 0.6 is 27.5 Å². The van der Waals surface area contributed by atoms with Gasteiger partial charge in [0.2, 0.25) is 0 Å². The third-order valence-electron chi connectivity index (χ3n) is 0.537. The zero-order chi connectivity index (χ0) is 7.65. The molecule has 0 aromatic heterocycles. The monoisotopic (exact) mass is 240 g/mol. The molecule has 2 N–H and O–H groups in total. The van der Waals surface area contributed by atoms with E-state index in [9.17, 15) is 9.59 Å². The van der Waals surface area contributed by atoms with Crippen molar-refractivity contribution >= 4 is 39.5 Å². The van der Waals surface area contributed by atoms with Gasteiger partial charge in [0.05, 0.1) is 0 Å². The molecule has 0 atom stereocenters. The van der Waals surface area contributed by atoms with Crippen molar-refractivity contribution in [3.8, 4) is 0 Å². The number of halogens is 2. The maximum Gasteiger partial charge on any atom is 1.00 e. The van der Waals surface area contributed by atoms with Crippen molar-refractivity contribution in [2.24, 2.45) is 0 Å². The van der Waals surface area contributed by atoms with Crippen LogP contribution in [0.15, 0.2) is 0 Å². The minimum Gasteiger partial charge on any atom is -1.00 e. The van der Waals surface area contributed by atoms with Crippen LogP contribution < -0.4 is 29.6 Å². The Kier molecular flexibility index (Phi) is 6.07. The molecule has 0 spiro atoms. The van der Waals surface area contributed by atoms with E-state index in [2.05, 4.69) is 15.9 Å². The van der Waals surface area contributed by atoms with Crippen LogP contribution in [0.3, 0.4) is 0 Å². The molecule has 0 saturated carbocycles.